The van der Waals surface area contributed by atoms with Crippen LogP contribution in [0.15, 0.2) is 30.3 Å². The van der Waals surface area contributed by atoms with Crippen molar-refractivity contribution in [1.82, 2.24) is 5.32 Å². The lowest BCUT2D eigenvalue weighted by molar-refractivity contribution is 0.133. The molecule has 0 aliphatic carbocycles. The molecule has 1 aromatic rings. The summed E-state index contributed by atoms with van der Waals surface area (Å²) in [5, 5.41) is 2.77. The highest BCUT2D eigenvalue weighted by Gasteiger charge is 2.14. The first kappa shape index (κ1) is 25.3. The Kier molecular flexibility index (Phi) is 11.2. The summed E-state index contributed by atoms with van der Waals surface area (Å²) in [4.78, 5) is 12.1. The molecule has 0 heterocycles. The molecule has 0 fully saturated rings. The molecule has 29 heavy (non-hydrogen) atoms. The summed E-state index contributed by atoms with van der Waals surface area (Å²) in [7, 11) is -6.98. The Hall–Kier alpha value is -1.69. The van der Waals surface area contributed by atoms with E-state index in [1.54, 1.807) is 0 Å². The van der Waals surface area contributed by atoms with E-state index in [9.17, 15) is 21.6 Å². The molecule has 0 saturated heterocycles. The number of nitrogens with one attached hydrogen (secondary N) is 1. The van der Waals surface area contributed by atoms with Crippen LogP contribution >= 0.6 is 0 Å². The van der Waals surface area contributed by atoms with Crippen molar-refractivity contribution >= 4 is 26.3 Å². The summed E-state index contributed by atoms with van der Waals surface area (Å²) in [6, 6.07) is 8.98. The van der Waals surface area contributed by atoms with Crippen LogP contribution in [0.1, 0.15) is 37.7 Å². The van der Waals surface area contributed by atoms with Crippen molar-refractivity contribution in [3.8, 4) is 0 Å². The lowest BCUT2D eigenvalue weighted by Gasteiger charge is -2.18. The zero-order valence-corrected chi connectivity index (χ0v) is 18.3. The van der Waals surface area contributed by atoms with E-state index in [0.717, 1.165) is 18.1 Å². The van der Waals surface area contributed by atoms with E-state index in [2.05, 4.69) is 9.50 Å². The third kappa shape index (κ3) is 14.9. The quantitative estimate of drug-likeness (QED) is 0.337. The van der Waals surface area contributed by atoms with Crippen LogP contribution in [0.3, 0.4) is 0 Å². The minimum atomic E-state index is -3.51. The number of amides is 1. The molecule has 1 aromatic carbocycles. The van der Waals surface area contributed by atoms with Gasteiger partial charge in [-0.25, -0.2) is 4.79 Å². The van der Waals surface area contributed by atoms with Crippen molar-refractivity contribution in [2.45, 2.75) is 44.8 Å². The Morgan fingerprint density at radius 3 is 2.03 bits per heavy atom. The van der Waals surface area contributed by atoms with Gasteiger partial charge >= 0.3 is 6.09 Å². The van der Waals surface area contributed by atoms with E-state index in [0.29, 0.717) is 32.1 Å². The molecule has 1 amide bonds. The molecular formula is C18H29NO8S2. The standard InChI is InChI=1S/C18H29NO8S2/c1-28(21,22)26-13-7-6-11-17(12-8-14-27-29(2,23)24)19-18(20)25-15-16-9-4-3-5-10-16/h3-5,9-10,17H,6-8,11-15H2,1-2H3,(H,19,20)/t17-/m0/s1. The Morgan fingerprint density at radius 2 is 1.45 bits per heavy atom. The van der Waals surface area contributed by atoms with Crippen LogP contribution in [-0.4, -0.2) is 54.7 Å². The van der Waals surface area contributed by atoms with E-state index in [1.165, 1.54) is 0 Å². The zero-order valence-electron chi connectivity index (χ0n) is 16.7. The summed E-state index contributed by atoms with van der Waals surface area (Å²) in [6.45, 7) is 0.229. The predicted molar refractivity (Wildman–Crippen MR) is 108 cm³/mol. The second-order valence-electron chi connectivity index (χ2n) is 6.59. The molecule has 0 aromatic heterocycles. The van der Waals surface area contributed by atoms with Crippen molar-refractivity contribution in [3.63, 3.8) is 0 Å². The molecule has 1 atom stereocenters. The number of ether oxygens (including phenoxy) is 1. The van der Waals surface area contributed by atoms with Crippen LogP contribution < -0.4 is 5.32 Å². The van der Waals surface area contributed by atoms with Crippen LogP contribution in [0.25, 0.3) is 0 Å². The van der Waals surface area contributed by atoms with E-state index >= 15 is 0 Å². The SMILES string of the molecule is CS(=O)(=O)OCCCC[C@@H](CCCOS(C)(=O)=O)NC(=O)OCc1ccccc1. The summed E-state index contributed by atoms with van der Waals surface area (Å²) < 4.78 is 58.6. The number of hydrogen-bond acceptors (Lipinski definition) is 8. The molecule has 0 aliphatic heterocycles. The van der Waals surface area contributed by atoms with Gasteiger partial charge in [-0.3, -0.25) is 8.37 Å². The summed E-state index contributed by atoms with van der Waals surface area (Å²) in [6.07, 6.45) is 3.99. The Balaban J connectivity index is 2.43. The van der Waals surface area contributed by atoms with Gasteiger partial charge in [0.05, 0.1) is 25.7 Å². The fourth-order valence-electron chi connectivity index (χ4n) is 2.46. The molecule has 0 spiro atoms. The summed E-state index contributed by atoms with van der Waals surface area (Å²) >= 11 is 0. The highest BCUT2D eigenvalue weighted by molar-refractivity contribution is 7.86. The van der Waals surface area contributed by atoms with Gasteiger partial charge in [-0.2, -0.15) is 16.8 Å². The van der Waals surface area contributed by atoms with Crippen molar-refractivity contribution < 1.29 is 34.7 Å². The lowest BCUT2D eigenvalue weighted by Crippen LogP contribution is -2.35. The molecule has 166 valence electrons. The summed E-state index contributed by atoms with van der Waals surface area (Å²) in [5.74, 6) is 0. The number of rotatable bonds is 14. The zero-order chi connectivity index (χ0) is 21.8. The van der Waals surface area contributed by atoms with E-state index in [1.807, 2.05) is 30.3 Å². The monoisotopic (exact) mass is 451 g/mol. The minimum Gasteiger partial charge on any atom is -0.445 e. The van der Waals surface area contributed by atoms with Crippen LogP contribution in [0, 0.1) is 0 Å². The molecule has 0 unspecified atom stereocenters. The molecule has 9 nitrogen and oxygen atoms in total. The van der Waals surface area contributed by atoms with Gasteiger partial charge in [0.15, 0.2) is 0 Å². The highest BCUT2D eigenvalue weighted by atomic mass is 32.2. The average molecular weight is 452 g/mol. The van der Waals surface area contributed by atoms with Gasteiger partial charge in [-0.05, 0) is 37.7 Å². The number of benzene rings is 1. The topological polar surface area (TPSA) is 125 Å². The fraction of sp³-hybridized carbons (Fsp3) is 0.611. The van der Waals surface area contributed by atoms with Crippen molar-refractivity contribution in [2.24, 2.45) is 0 Å². The first-order chi connectivity index (χ1) is 13.6. The van der Waals surface area contributed by atoms with E-state index in [4.69, 9.17) is 8.92 Å². The molecule has 1 N–H and O–H groups in total. The molecule has 0 saturated carbocycles. The average Bonchev–Trinajstić information content (AvgIpc) is 2.62. The maximum atomic E-state index is 12.1. The largest absolute Gasteiger partial charge is 0.445 e. The molecule has 11 heteroatoms. The number of unbranched alkanes of at least 4 members (excludes halogenated alkanes) is 1. The second kappa shape index (κ2) is 12.8. The van der Waals surface area contributed by atoms with Crippen LogP contribution in [0.2, 0.25) is 0 Å². The molecule has 1 rings (SSSR count). The van der Waals surface area contributed by atoms with Gasteiger partial charge in [0.25, 0.3) is 20.2 Å². The molecule has 0 radical (unpaired) electrons. The smallest absolute Gasteiger partial charge is 0.407 e. The van der Waals surface area contributed by atoms with Crippen molar-refractivity contribution in [2.75, 3.05) is 25.7 Å². The van der Waals surface area contributed by atoms with Gasteiger partial charge in [0.2, 0.25) is 0 Å². The molecule has 0 aliphatic rings. The lowest BCUT2D eigenvalue weighted by atomic mass is 10.1. The number of carbonyl (C=O) groups is 1. The van der Waals surface area contributed by atoms with E-state index < -0.39 is 26.3 Å². The maximum Gasteiger partial charge on any atom is 0.407 e. The van der Waals surface area contributed by atoms with Gasteiger partial charge < -0.3 is 10.1 Å². The Labute approximate surface area is 173 Å². The number of alkyl carbamates (subject to hydrolysis) is 1. The van der Waals surface area contributed by atoms with E-state index in [-0.39, 0.29) is 25.9 Å². The first-order valence-corrected chi connectivity index (χ1v) is 12.8. The Bertz CT molecular complexity index is 810. The van der Waals surface area contributed by atoms with Gasteiger partial charge in [0.1, 0.15) is 6.61 Å². The first-order valence-electron chi connectivity index (χ1n) is 9.21. The van der Waals surface area contributed by atoms with Gasteiger partial charge in [0, 0.05) is 6.04 Å². The highest BCUT2D eigenvalue weighted by Crippen LogP contribution is 2.10. The normalized spacial score (nSPS) is 13.0. The number of carbonyl (C=O) groups excluding carboxylic acids is 1. The fourth-order valence-corrected chi connectivity index (χ4v) is 3.30. The maximum absolute atomic E-state index is 12.1. The molecular weight excluding hydrogens is 422 g/mol. The van der Waals surface area contributed by atoms with Crippen molar-refractivity contribution in [1.29, 1.82) is 0 Å². The molecule has 0 bridgehead atoms. The minimum absolute atomic E-state index is 0.0211. The number of hydrogen-bond donors (Lipinski definition) is 1. The van der Waals surface area contributed by atoms with Gasteiger partial charge in [-0.1, -0.05) is 30.3 Å². The van der Waals surface area contributed by atoms with Crippen LogP contribution in [-0.2, 0) is 39.9 Å². The van der Waals surface area contributed by atoms with Gasteiger partial charge in [-0.15, -0.1) is 0 Å². The second-order valence-corrected chi connectivity index (χ2v) is 9.88. The predicted octanol–water partition coefficient (Wildman–Crippen LogP) is 2.18. The van der Waals surface area contributed by atoms with Crippen LogP contribution in [0.5, 0.6) is 0 Å². The third-order valence-electron chi connectivity index (χ3n) is 3.77. The van der Waals surface area contributed by atoms with Crippen molar-refractivity contribution in [3.05, 3.63) is 35.9 Å². The van der Waals surface area contributed by atoms with Crippen LogP contribution in [0.4, 0.5) is 4.79 Å². The third-order valence-corrected chi connectivity index (χ3v) is 4.96. The Morgan fingerprint density at radius 1 is 0.897 bits per heavy atom. The summed E-state index contributed by atoms with van der Waals surface area (Å²) in [5.41, 5.74) is 0.860.